The first kappa shape index (κ1) is 13.1. The summed E-state index contributed by atoms with van der Waals surface area (Å²) in [5, 5.41) is 0.170. The summed E-state index contributed by atoms with van der Waals surface area (Å²) in [6.45, 7) is 0. The van der Waals surface area contributed by atoms with Gasteiger partial charge in [-0.25, -0.2) is 10.6 Å². The molecule has 16 heavy (non-hydrogen) atoms. The van der Waals surface area contributed by atoms with Gasteiger partial charge in [-0.1, -0.05) is 34.8 Å². The van der Waals surface area contributed by atoms with Crippen molar-refractivity contribution in [1.29, 1.82) is 0 Å². The van der Waals surface area contributed by atoms with Crippen molar-refractivity contribution >= 4 is 46.7 Å². The molecule has 3 N–H and O–H groups in total. The molecule has 0 spiro atoms. The van der Waals surface area contributed by atoms with Gasteiger partial charge in [-0.2, -0.15) is 0 Å². The first-order valence-electron chi connectivity index (χ1n) is 3.83. The van der Waals surface area contributed by atoms with E-state index < -0.39 is 11.9 Å². The normalized spacial score (nSPS) is 9.75. The summed E-state index contributed by atoms with van der Waals surface area (Å²) in [5.41, 5.74) is 1.61. The molecule has 0 saturated carbocycles. The zero-order valence-corrected chi connectivity index (χ0v) is 9.86. The number of amides is 1. The fourth-order valence-electron chi connectivity index (χ4n) is 0.792. The number of hydrogen-bond donors (Lipinski definition) is 2. The standard InChI is InChI=1S/C8H5Cl3N2O3/c9-3-1-2-4(6(11)5(3)10)16-8(15)7(14)13-12/h1-2H,12H2,(H,13,14). The Labute approximate surface area is 105 Å². The number of carbonyl (C=O) groups is 2. The molecule has 1 aromatic carbocycles. The smallest absolute Gasteiger partial charge is 0.403 e. The van der Waals surface area contributed by atoms with Gasteiger partial charge in [0.15, 0.2) is 5.75 Å². The number of esters is 1. The van der Waals surface area contributed by atoms with E-state index in [-0.39, 0.29) is 20.8 Å². The van der Waals surface area contributed by atoms with Crippen molar-refractivity contribution in [2.45, 2.75) is 0 Å². The van der Waals surface area contributed by atoms with E-state index in [2.05, 4.69) is 4.74 Å². The van der Waals surface area contributed by atoms with Gasteiger partial charge in [0.1, 0.15) is 5.02 Å². The first-order valence-corrected chi connectivity index (χ1v) is 4.97. The van der Waals surface area contributed by atoms with Crippen LogP contribution in [0.4, 0.5) is 0 Å². The van der Waals surface area contributed by atoms with Gasteiger partial charge in [-0.05, 0) is 12.1 Å². The highest BCUT2D eigenvalue weighted by Gasteiger charge is 2.18. The molecule has 1 amide bonds. The number of halogens is 3. The number of hydrazine groups is 1. The lowest BCUT2D eigenvalue weighted by Gasteiger charge is -2.06. The number of rotatable bonds is 1. The second-order valence-electron chi connectivity index (χ2n) is 2.54. The van der Waals surface area contributed by atoms with Crippen LogP contribution < -0.4 is 16.0 Å². The molecule has 0 bridgehead atoms. The van der Waals surface area contributed by atoms with Crippen LogP contribution >= 0.6 is 34.8 Å². The molecule has 5 nitrogen and oxygen atoms in total. The van der Waals surface area contributed by atoms with E-state index in [9.17, 15) is 9.59 Å². The lowest BCUT2D eigenvalue weighted by Crippen LogP contribution is -2.38. The number of hydrogen-bond acceptors (Lipinski definition) is 4. The van der Waals surface area contributed by atoms with E-state index in [0.717, 1.165) is 0 Å². The molecule has 0 aromatic heterocycles. The maximum absolute atomic E-state index is 11.0. The Balaban J connectivity index is 2.95. The monoisotopic (exact) mass is 282 g/mol. The highest BCUT2D eigenvalue weighted by atomic mass is 35.5. The van der Waals surface area contributed by atoms with Crippen molar-refractivity contribution in [3.8, 4) is 5.75 Å². The molecule has 0 atom stereocenters. The highest BCUT2D eigenvalue weighted by molar-refractivity contribution is 6.48. The third-order valence-corrected chi connectivity index (χ3v) is 2.80. The van der Waals surface area contributed by atoms with Crippen molar-refractivity contribution in [3.05, 3.63) is 27.2 Å². The molecule has 0 radical (unpaired) electrons. The van der Waals surface area contributed by atoms with Crippen molar-refractivity contribution in [2.75, 3.05) is 0 Å². The summed E-state index contributed by atoms with van der Waals surface area (Å²) in [6, 6.07) is 2.68. The molecule has 1 aromatic rings. The largest absolute Gasteiger partial charge is 0.418 e. The van der Waals surface area contributed by atoms with Gasteiger partial charge in [0.25, 0.3) is 0 Å². The predicted molar refractivity (Wildman–Crippen MR) is 59.4 cm³/mol. The minimum atomic E-state index is -1.21. The van der Waals surface area contributed by atoms with E-state index >= 15 is 0 Å². The molecule has 0 aliphatic carbocycles. The average Bonchev–Trinajstić information content (AvgIpc) is 2.28. The molecule has 0 unspecified atom stereocenters. The highest BCUT2D eigenvalue weighted by Crippen LogP contribution is 2.36. The van der Waals surface area contributed by atoms with Crippen molar-refractivity contribution < 1.29 is 14.3 Å². The minimum Gasteiger partial charge on any atom is -0.418 e. The second-order valence-corrected chi connectivity index (χ2v) is 3.70. The number of benzene rings is 1. The van der Waals surface area contributed by atoms with Crippen LogP contribution in [0.5, 0.6) is 5.75 Å². The lowest BCUT2D eigenvalue weighted by atomic mass is 10.3. The number of carbonyl (C=O) groups excluding carboxylic acids is 2. The van der Waals surface area contributed by atoms with Gasteiger partial charge in [0, 0.05) is 0 Å². The van der Waals surface area contributed by atoms with Crippen LogP contribution in [0.15, 0.2) is 12.1 Å². The Kier molecular flexibility index (Phi) is 4.37. The SMILES string of the molecule is NNC(=O)C(=O)Oc1ccc(Cl)c(Cl)c1Cl. The molecule has 1 rings (SSSR count). The maximum Gasteiger partial charge on any atom is 0.403 e. The van der Waals surface area contributed by atoms with Crippen molar-refractivity contribution in [2.24, 2.45) is 5.84 Å². The molecular formula is C8H5Cl3N2O3. The summed E-state index contributed by atoms with van der Waals surface area (Å²) >= 11 is 17.1. The number of nitrogens with one attached hydrogen (secondary N) is 1. The second kappa shape index (κ2) is 5.36. The summed E-state index contributed by atoms with van der Waals surface area (Å²) in [6.07, 6.45) is 0. The topological polar surface area (TPSA) is 81.4 Å². The Hall–Kier alpha value is -1.01. The van der Waals surface area contributed by atoms with Crippen LogP contribution in [0.1, 0.15) is 0 Å². The van der Waals surface area contributed by atoms with Crippen molar-refractivity contribution in [3.63, 3.8) is 0 Å². The van der Waals surface area contributed by atoms with Crippen LogP contribution in [0.25, 0.3) is 0 Å². The molecule has 0 aliphatic heterocycles. The lowest BCUT2D eigenvalue weighted by molar-refractivity contribution is -0.148. The van der Waals surface area contributed by atoms with Gasteiger partial charge < -0.3 is 4.74 Å². The quantitative estimate of drug-likeness (QED) is 0.156. The van der Waals surface area contributed by atoms with Gasteiger partial charge in [-0.15, -0.1) is 0 Å². The Morgan fingerprint density at radius 1 is 1.19 bits per heavy atom. The van der Waals surface area contributed by atoms with Crippen molar-refractivity contribution in [1.82, 2.24) is 5.43 Å². The van der Waals surface area contributed by atoms with Crippen LogP contribution in [-0.2, 0) is 9.59 Å². The first-order chi connectivity index (χ1) is 7.47. The molecule has 0 fully saturated rings. The maximum atomic E-state index is 11.0. The summed E-state index contributed by atoms with van der Waals surface area (Å²) in [7, 11) is 0. The third-order valence-electron chi connectivity index (χ3n) is 1.52. The molecule has 0 aliphatic rings. The fourth-order valence-corrected chi connectivity index (χ4v) is 1.36. The summed E-state index contributed by atoms with van der Waals surface area (Å²) in [4.78, 5) is 21.8. The third kappa shape index (κ3) is 2.76. The Bertz CT molecular complexity index is 450. The zero-order valence-electron chi connectivity index (χ0n) is 7.59. The van der Waals surface area contributed by atoms with E-state index in [0.29, 0.717) is 0 Å². The van der Waals surface area contributed by atoms with Crippen LogP contribution in [0.2, 0.25) is 15.1 Å². The van der Waals surface area contributed by atoms with Gasteiger partial charge >= 0.3 is 11.9 Å². The molecular weight excluding hydrogens is 278 g/mol. The van der Waals surface area contributed by atoms with Crippen LogP contribution in [-0.4, -0.2) is 11.9 Å². The van der Waals surface area contributed by atoms with E-state index in [1.54, 1.807) is 5.43 Å². The Morgan fingerprint density at radius 2 is 1.81 bits per heavy atom. The number of nitrogens with two attached hydrogens (primary N) is 1. The molecule has 0 heterocycles. The molecule has 0 saturated heterocycles. The fraction of sp³-hybridized carbons (Fsp3) is 0. The van der Waals surface area contributed by atoms with Crippen LogP contribution in [0, 0.1) is 0 Å². The molecule has 86 valence electrons. The average molecular weight is 283 g/mol. The molecule has 8 heteroatoms. The van der Waals surface area contributed by atoms with Crippen LogP contribution in [0.3, 0.4) is 0 Å². The predicted octanol–water partition coefficient (Wildman–Crippen LogP) is 1.54. The zero-order chi connectivity index (χ0) is 12.3. The Morgan fingerprint density at radius 3 is 2.38 bits per heavy atom. The van der Waals surface area contributed by atoms with E-state index in [1.165, 1.54) is 12.1 Å². The van der Waals surface area contributed by atoms with E-state index in [1.807, 2.05) is 0 Å². The van der Waals surface area contributed by atoms with Gasteiger partial charge in [0.05, 0.1) is 10.0 Å². The van der Waals surface area contributed by atoms with Gasteiger partial charge in [0.2, 0.25) is 0 Å². The van der Waals surface area contributed by atoms with Gasteiger partial charge in [-0.3, -0.25) is 10.2 Å². The van der Waals surface area contributed by atoms with E-state index in [4.69, 9.17) is 40.6 Å². The minimum absolute atomic E-state index is 0.0294. The summed E-state index contributed by atoms with van der Waals surface area (Å²) in [5.74, 6) is 2.34. The summed E-state index contributed by atoms with van der Waals surface area (Å²) < 4.78 is 4.63. The number of ether oxygens (including phenoxy) is 1.